The lowest BCUT2D eigenvalue weighted by atomic mass is 10.0. The minimum Gasteiger partial charge on any atom is -0.497 e. The molecule has 22 heteroatoms. The summed E-state index contributed by atoms with van der Waals surface area (Å²) in [5.41, 5.74) is 19.5. The molecule has 110 heavy (non-hydrogen) atoms. The molecule has 4 N–H and O–H groups in total. The Hall–Kier alpha value is -13.1. The first-order valence-corrected chi connectivity index (χ1v) is 37.0. The molecule has 0 saturated carbocycles. The quantitative estimate of drug-likeness (QED) is 0.0459. The molecule has 8 heterocycles. The van der Waals surface area contributed by atoms with Crippen molar-refractivity contribution in [3.8, 4) is 17.3 Å². The van der Waals surface area contributed by atoms with Crippen LogP contribution in [0.2, 0.25) is 0 Å². The number of hydrogen-bond donors (Lipinski definition) is 4. The number of aromatic nitrogens is 10. The molecule has 0 radical (unpaired) electrons. The number of hydrogen-bond acceptors (Lipinski definition) is 17. The predicted molar refractivity (Wildman–Crippen MR) is 437 cm³/mol. The summed E-state index contributed by atoms with van der Waals surface area (Å²) in [6, 6.07) is 57.9. The Balaban J connectivity index is 0.000000129. The average Bonchev–Trinajstić information content (AvgIpc) is 0.767. The van der Waals surface area contributed by atoms with Gasteiger partial charge in [0.15, 0.2) is 45.0 Å². The van der Waals surface area contributed by atoms with Crippen LogP contribution in [0, 0.1) is 48.5 Å². The summed E-state index contributed by atoms with van der Waals surface area (Å²) >= 11 is 0. The van der Waals surface area contributed by atoms with Crippen molar-refractivity contribution in [2.24, 2.45) is 15.0 Å². The van der Waals surface area contributed by atoms with Crippen molar-refractivity contribution in [1.82, 2.24) is 49.4 Å². The van der Waals surface area contributed by atoms with Gasteiger partial charge in [0.1, 0.15) is 22.2 Å². The van der Waals surface area contributed by atoms with E-state index < -0.39 is 11.2 Å². The number of benzene rings is 8. The van der Waals surface area contributed by atoms with Gasteiger partial charge in [-0.1, -0.05) is 134 Å². The molecule has 556 valence electrons. The topological polar surface area (TPSA) is 274 Å². The maximum Gasteiger partial charge on any atom is 0.349 e. The molecular formula is C88H88N16O6. The van der Waals surface area contributed by atoms with Crippen LogP contribution in [0.15, 0.2) is 209 Å². The normalized spacial score (nSPS) is 12.0. The molecule has 16 rings (SSSR count). The minimum atomic E-state index is -0.656. The van der Waals surface area contributed by atoms with Crippen LogP contribution in [0.1, 0.15) is 93.3 Å². The summed E-state index contributed by atoms with van der Waals surface area (Å²) in [4.78, 5) is 114. The van der Waals surface area contributed by atoms with Crippen LogP contribution in [0.25, 0.3) is 42.3 Å². The fourth-order valence-electron chi connectivity index (χ4n) is 13.8. The zero-order chi connectivity index (χ0) is 77.3. The molecule has 5 aliphatic heterocycles. The largest absolute Gasteiger partial charge is 0.497 e. The van der Waals surface area contributed by atoms with Gasteiger partial charge in [-0.15, -0.1) is 0 Å². The summed E-state index contributed by atoms with van der Waals surface area (Å²) in [5, 5.41) is 1.08. The number of unbranched alkanes of at least 4 members (excludes halogenated alkanes) is 1. The summed E-state index contributed by atoms with van der Waals surface area (Å²) < 4.78 is 7.14. The van der Waals surface area contributed by atoms with E-state index in [0.717, 1.165) is 156 Å². The Morgan fingerprint density at radius 1 is 0.373 bits per heavy atom. The Bertz CT molecular complexity index is 6260. The van der Waals surface area contributed by atoms with Gasteiger partial charge in [-0.3, -0.25) is 24.2 Å². The molecule has 0 fully saturated rings. The second-order valence-electron chi connectivity index (χ2n) is 28.1. The summed E-state index contributed by atoms with van der Waals surface area (Å²) in [7, 11) is 1.65. The van der Waals surface area contributed by atoms with Gasteiger partial charge in [0, 0.05) is 26.2 Å². The van der Waals surface area contributed by atoms with Gasteiger partial charge < -0.3 is 39.0 Å². The molecule has 3 aromatic heterocycles. The summed E-state index contributed by atoms with van der Waals surface area (Å²) in [5.74, 6) is 2.92. The van der Waals surface area contributed by atoms with E-state index in [0.29, 0.717) is 62.3 Å². The van der Waals surface area contributed by atoms with Gasteiger partial charge in [0.2, 0.25) is 0 Å². The molecule has 0 unspecified atom stereocenters. The molecule has 11 aromatic rings. The Morgan fingerprint density at radius 2 is 0.782 bits per heavy atom. The smallest absolute Gasteiger partial charge is 0.349 e. The van der Waals surface area contributed by atoms with Crippen molar-refractivity contribution in [3.05, 3.63) is 315 Å². The number of H-pyrrole nitrogens is 4. The fourth-order valence-corrected chi connectivity index (χ4v) is 13.8. The standard InChI is InChI=1S/C23H24N4O.C22H22N4O3.C22H22N4O.C21H20N4O/c1-14-7-9-18(10-8-14)6-5-11-27-20-13-16(3)15(2)12-19(20)26-21-22(27)24-17(4)25-23(21)28;1-13-11-17-18(12-14(13)2)26(20-19(23-17)21(27)25-22(28)24-20)10-4-5-15-6-8-16(29-3)9-7-15;1-15-11-12-19-18(14-15)25-20-21(23-16(2)24-22(20)27)26(19)13-7-6-10-17-8-4-3-5-9-17;1-14-10-11-18-17(13-14)24-19-20(22-15(2)23-21(19)26)25(18)12-6-9-16-7-4-3-5-8-16/h7-10,12-13H,4-6,11H2,1-3H3,(H,25,28);6-9,11-12H,4-5,10H2,1-3H3,(H,25,27,28);3-5,8-9,11-12,14H,2,6-7,10,13H2,1H3,(H,24,27);3-5,7-8,10-11,13H,2,6,9,12H2,1H3,(H,23,26). The molecule has 0 atom stereocenters. The lowest BCUT2D eigenvalue weighted by Gasteiger charge is -2.28. The van der Waals surface area contributed by atoms with Crippen LogP contribution >= 0.6 is 0 Å². The molecule has 8 aromatic carbocycles. The molecule has 0 spiro atoms. The fraction of sp³-hybridized carbons (Fsp3) is 0.239. The first-order valence-electron chi connectivity index (χ1n) is 37.0. The van der Waals surface area contributed by atoms with Crippen LogP contribution in [0.4, 0.5) is 51.6 Å². The Labute approximate surface area is 635 Å². The van der Waals surface area contributed by atoms with Gasteiger partial charge in [-0.25, -0.2) is 39.7 Å². The van der Waals surface area contributed by atoms with Gasteiger partial charge >= 0.3 is 5.69 Å². The van der Waals surface area contributed by atoms with E-state index in [-0.39, 0.29) is 22.4 Å². The SMILES string of the molecule is C=c1nc2c(c(=O)[nH]1)=Nc1cc(C)c(C)cc1N2CCCc1ccc(C)cc1.C=c1nc2c(c(=O)[nH]1)=Nc1cc(C)ccc1N2CCCCc1ccccc1.C=c1nc2c(c(=O)[nH]1)=Nc1cc(C)ccc1N2CCCc1ccccc1.COc1ccc(CCCn2c3nc(=O)[nH]c(=O)c-3nc3cc(C)c(C)cc32)cc1. The average molecular weight is 1470 g/mol. The van der Waals surface area contributed by atoms with Gasteiger partial charge in [0.25, 0.3) is 22.2 Å². The zero-order valence-corrected chi connectivity index (χ0v) is 63.3. The van der Waals surface area contributed by atoms with Crippen molar-refractivity contribution in [2.75, 3.05) is 41.4 Å². The van der Waals surface area contributed by atoms with Crippen molar-refractivity contribution < 1.29 is 4.74 Å². The Kier molecular flexibility index (Phi) is 22.8. The van der Waals surface area contributed by atoms with Crippen LogP contribution in [0.5, 0.6) is 5.75 Å². The van der Waals surface area contributed by atoms with Crippen molar-refractivity contribution in [3.63, 3.8) is 0 Å². The third-order valence-electron chi connectivity index (χ3n) is 19.8. The lowest BCUT2D eigenvalue weighted by molar-refractivity contribution is 0.414. The molecular weight excluding hydrogens is 1380 g/mol. The van der Waals surface area contributed by atoms with E-state index in [1.165, 1.54) is 33.4 Å². The summed E-state index contributed by atoms with van der Waals surface area (Å²) in [6.07, 6.45) is 8.57. The van der Waals surface area contributed by atoms with Gasteiger partial charge in [0.05, 0.1) is 52.3 Å². The predicted octanol–water partition coefficient (Wildman–Crippen LogP) is 11.4. The first kappa shape index (κ1) is 75.1. The highest BCUT2D eigenvalue weighted by Gasteiger charge is 2.27. The van der Waals surface area contributed by atoms with Crippen LogP contribution in [0.3, 0.4) is 0 Å². The van der Waals surface area contributed by atoms with Gasteiger partial charge in [-0.2, -0.15) is 4.98 Å². The number of aryl methyl sites for hydroxylation is 12. The maximum absolute atomic E-state index is 12.5. The Morgan fingerprint density at radius 3 is 1.28 bits per heavy atom. The van der Waals surface area contributed by atoms with Crippen molar-refractivity contribution in [2.45, 2.75) is 113 Å². The number of nitrogens with zero attached hydrogens (tertiary/aromatic N) is 12. The lowest BCUT2D eigenvalue weighted by Crippen LogP contribution is -2.42. The van der Waals surface area contributed by atoms with Crippen LogP contribution in [-0.2, 0) is 32.2 Å². The number of fused-ring (bicyclic) bond motifs is 8. The highest BCUT2D eigenvalue weighted by molar-refractivity contribution is 5.82. The highest BCUT2D eigenvalue weighted by atomic mass is 16.5. The third-order valence-corrected chi connectivity index (χ3v) is 19.8. The van der Waals surface area contributed by atoms with E-state index >= 15 is 0 Å². The van der Waals surface area contributed by atoms with E-state index in [1.54, 1.807) is 7.11 Å². The monoisotopic (exact) mass is 1460 g/mol. The number of methoxy groups -OCH3 is 1. The number of anilines is 6. The van der Waals surface area contributed by atoms with E-state index in [4.69, 9.17) is 4.74 Å². The second kappa shape index (κ2) is 33.4. The highest BCUT2D eigenvalue weighted by Crippen LogP contribution is 2.39. The number of aromatic amines is 4. The van der Waals surface area contributed by atoms with Crippen molar-refractivity contribution in [1.29, 1.82) is 0 Å². The zero-order valence-electron chi connectivity index (χ0n) is 63.3. The van der Waals surface area contributed by atoms with E-state index in [9.17, 15) is 24.0 Å². The van der Waals surface area contributed by atoms with E-state index in [2.05, 4.69) is 212 Å². The second-order valence-corrected chi connectivity index (χ2v) is 28.1. The number of ether oxygens (including phenoxy) is 1. The van der Waals surface area contributed by atoms with E-state index in [1.807, 2.05) is 105 Å². The molecule has 5 aliphatic rings. The summed E-state index contributed by atoms with van der Waals surface area (Å²) in [6.45, 7) is 28.6. The maximum atomic E-state index is 12.5. The molecule has 22 nitrogen and oxygen atoms in total. The molecule has 0 saturated heterocycles. The minimum absolute atomic E-state index is 0.185. The van der Waals surface area contributed by atoms with Crippen molar-refractivity contribution >= 4 is 82.3 Å². The van der Waals surface area contributed by atoms with Crippen LogP contribution < -0.4 is 79.9 Å². The van der Waals surface area contributed by atoms with Gasteiger partial charge in [-0.05, 0) is 223 Å². The third kappa shape index (κ3) is 17.3. The molecule has 0 aliphatic carbocycles. The van der Waals surface area contributed by atoms with Crippen LogP contribution in [-0.4, -0.2) is 76.2 Å². The molecule has 0 amide bonds. The molecule has 0 bridgehead atoms. The number of nitrogens with one attached hydrogen (secondary N) is 4. The first-order chi connectivity index (χ1) is 53.1. The number of rotatable bonds is 18.